The molecule has 0 saturated carbocycles. The van der Waals surface area contributed by atoms with Gasteiger partial charge in [0.15, 0.2) is 0 Å². The molecule has 0 atom stereocenters. The van der Waals surface area contributed by atoms with Crippen LogP contribution in [0.5, 0.6) is 0 Å². The van der Waals surface area contributed by atoms with E-state index in [9.17, 15) is 14.4 Å². The third-order valence-corrected chi connectivity index (χ3v) is 3.10. The predicted molar refractivity (Wildman–Crippen MR) is 69.7 cm³/mol. The van der Waals surface area contributed by atoms with Crippen LogP contribution in [-0.2, 0) is 11.8 Å². The van der Waals surface area contributed by atoms with Gasteiger partial charge in [0.2, 0.25) is 5.91 Å². The summed E-state index contributed by atoms with van der Waals surface area (Å²) in [4.78, 5) is 37.7. The van der Waals surface area contributed by atoms with Crippen LogP contribution >= 0.6 is 0 Å². The van der Waals surface area contributed by atoms with Crippen molar-refractivity contribution in [1.29, 1.82) is 0 Å². The minimum Gasteiger partial charge on any atom is -0.320 e. The Morgan fingerprint density at radius 2 is 1.89 bits per heavy atom. The third-order valence-electron chi connectivity index (χ3n) is 3.10. The first-order valence-corrected chi connectivity index (χ1v) is 6.03. The predicted octanol–water partition coefficient (Wildman–Crippen LogP) is 0.757. The molecule has 0 radical (unpaired) electrons. The summed E-state index contributed by atoms with van der Waals surface area (Å²) in [5, 5.41) is 2.61. The fourth-order valence-electron chi connectivity index (χ4n) is 1.76. The number of hydrogen-bond acceptors (Lipinski definition) is 3. The third kappa shape index (κ3) is 2.69. The van der Waals surface area contributed by atoms with Crippen LogP contribution in [0.1, 0.15) is 32.4 Å². The number of nitrogens with zero attached hydrogens (tertiary/aromatic N) is 1. The Morgan fingerprint density at radius 3 is 2.39 bits per heavy atom. The zero-order chi connectivity index (χ0) is 13.9. The summed E-state index contributed by atoms with van der Waals surface area (Å²) in [5.74, 6) is -0.312. The van der Waals surface area contributed by atoms with Gasteiger partial charge in [-0.2, -0.15) is 0 Å². The maximum atomic E-state index is 11.9. The van der Waals surface area contributed by atoms with Gasteiger partial charge in [-0.15, -0.1) is 0 Å². The van der Waals surface area contributed by atoms with E-state index >= 15 is 0 Å². The Hall–Kier alpha value is -1.85. The monoisotopic (exact) mass is 253 g/mol. The van der Waals surface area contributed by atoms with Crippen molar-refractivity contribution < 1.29 is 4.79 Å². The molecular weight excluding hydrogens is 234 g/mol. The van der Waals surface area contributed by atoms with Crippen LogP contribution in [0.15, 0.2) is 9.59 Å². The second-order valence-electron chi connectivity index (χ2n) is 4.30. The molecule has 1 rings (SSSR count). The van der Waals surface area contributed by atoms with Crippen LogP contribution in [0.25, 0.3) is 0 Å². The molecule has 1 amide bonds. The molecule has 1 heterocycles. The van der Waals surface area contributed by atoms with Crippen molar-refractivity contribution in [3.05, 3.63) is 26.5 Å². The normalized spacial score (nSPS) is 10.7. The topological polar surface area (TPSA) is 84.0 Å². The molecule has 1 aromatic heterocycles. The number of rotatable bonds is 4. The highest BCUT2D eigenvalue weighted by atomic mass is 16.2. The van der Waals surface area contributed by atoms with E-state index in [1.807, 2.05) is 13.8 Å². The molecule has 0 bridgehead atoms. The maximum absolute atomic E-state index is 11.9. The Morgan fingerprint density at radius 1 is 1.33 bits per heavy atom. The number of anilines is 1. The molecule has 0 aliphatic carbocycles. The lowest BCUT2D eigenvalue weighted by atomic mass is 10.0. The van der Waals surface area contributed by atoms with E-state index in [1.165, 1.54) is 7.05 Å². The number of aromatic nitrogens is 2. The van der Waals surface area contributed by atoms with Gasteiger partial charge in [-0.05, 0) is 19.8 Å². The van der Waals surface area contributed by atoms with E-state index in [2.05, 4.69) is 10.3 Å². The number of amides is 1. The second kappa shape index (κ2) is 5.66. The summed E-state index contributed by atoms with van der Waals surface area (Å²) in [5.41, 5.74) is -0.454. The van der Waals surface area contributed by atoms with E-state index in [1.54, 1.807) is 6.92 Å². The fourth-order valence-corrected chi connectivity index (χ4v) is 1.76. The van der Waals surface area contributed by atoms with Crippen LogP contribution in [0, 0.1) is 12.8 Å². The quantitative estimate of drug-likeness (QED) is 0.830. The molecule has 18 heavy (non-hydrogen) atoms. The zero-order valence-corrected chi connectivity index (χ0v) is 11.2. The van der Waals surface area contributed by atoms with Gasteiger partial charge < -0.3 is 10.3 Å². The first-order valence-electron chi connectivity index (χ1n) is 6.03. The molecule has 100 valence electrons. The Bertz CT molecular complexity index is 553. The van der Waals surface area contributed by atoms with Gasteiger partial charge in [-0.1, -0.05) is 13.8 Å². The van der Waals surface area contributed by atoms with E-state index in [-0.39, 0.29) is 17.5 Å². The Balaban J connectivity index is 3.13. The van der Waals surface area contributed by atoms with E-state index in [0.717, 1.165) is 4.57 Å². The number of H-pyrrole nitrogens is 1. The highest BCUT2D eigenvalue weighted by molar-refractivity contribution is 5.92. The summed E-state index contributed by atoms with van der Waals surface area (Å²) in [7, 11) is 1.37. The number of carbonyl (C=O) groups is 1. The number of aromatic amines is 1. The minimum absolute atomic E-state index is 0.124. The van der Waals surface area contributed by atoms with Gasteiger partial charge in [0.05, 0.1) is 0 Å². The lowest BCUT2D eigenvalue weighted by Gasteiger charge is -2.14. The van der Waals surface area contributed by atoms with Gasteiger partial charge in [-0.25, -0.2) is 4.79 Å². The standard InChI is InChI=1S/C12H19N3O3/c1-5-8(6-2)10(16)14-9-7(3)13-12(18)15(4)11(9)17/h8H,5-6H2,1-4H3,(H,13,18)(H,14,16). The highest BCUT2D eigenvalue weighted by Gasteiger charge is 2.17. The van der Waals surface area contributed by atoms with Gasteiger partial charge >= 0.3 is 5.69 Å². The van der Waals surface area contributed by atoms with Crippen LogP contribution < -0.4 is 16.6 Å². The largest absolute Gasteiger partial charge is 0.328 e. The van der Waals surface area contributed by atoms with Crippen molar-refractivity contribution in [2.75, 3.05) is 5.32 Å². The molecule has 0 spiro atoms. The number of nitrogens with one attached hydrogen (secondary N) is 2. The van der Waals surface area contributed by atoms with Crippen molar-refractivity contribution in [2.24, 2.45) is 13.0 Å². The van der Waals surface area contributed by atoms with Crippen LogP contribution in [0.2, 0.25) is 0 Å². The number of hydrogen-bond donors (Lipinski definition) is 2. The molecule has 1 aromatic rings. The van der Waals surface area contributed by atoms with E-state index < -0.39 is 11.2 Å². The first-order chi connectivity index (χ1) is 8.42. The minimum atomic E-state index is -0.490. The molecule has 2 N–H and O–H groups in total. The van der Waals surface area contributed by atoms with Crippen LogP contribution in [-0.4, -0.2) is 15.5 Å². The van der Waals surface area contributed by atoms with Crippen LogP contribution in [0.3, 0.4) is 0 Å². The van der Waals surface area contributed by atoms with Crippen LogP contribution in [0.4, 0.5) is 5.69 Å². The summed E-state index contributed by atoms with van der Waals surface area (Å²) in [6.45, 7) is 5.43. The average molecular weight is 253 g/mol. The number of aryl methyl sites for hydroxylation is 1. The molecule has 6 heteroatoms. The van der Waals surface area contributed by atoms with Gasteiger partial charge in [0.25, 0.3) is 5.56 Å². The lowest BCUT2D eigenvalue weighted by Crippen LogP contribution is -2.37. The fraction of sp³-hybridized carbons (Fsp3) is 0.583. The Kier molecular flexibility index (Phi) is 4.47. The van der Waals surface area contributed by atoms with Crippen molar-refractivity contribution in [3.63, 3.8) is 0 Å². The SMILES string of the molecule is CCC(CC)C(=O)Nc1c(C)[nH]c(=O)n(C)c1=O. The molecule has 0 fully saturated rings. The molecule has 0 unspecified atom stereocenters. The second-order valence-corrected chi connectivity index (χ2v) is 4.30. The van der Waals surface area contributed by atoms with Crippen molar-refractivity contribution in [2.45, 2.75) is 33.6 Å². The number of carbonyl (C=O) groups excluding carboxylic acids is 1. The average Bonchev–Trinajstić information content (AvgIpc) is 2.33. The Labute approximate surface area is 105 Å². The molecule has 0 aliphatic heterocycles. The summed E-state index contributed by atoms with van der Waals surface area (Å²) in [6.07, 6.45) is 1.43. The van der Waals surface area contributed by atoms with E-state index in [0.29, 0.717) is 18.5 Å². The zero-order valence-electron chi connectivity index (χ0n) is 11.2. The first kappa shape index (κ1) is 14.2. The molecule has 0 aromatic carbocycles. The van der Waals surface area contributed by atoms with Gasteiger partial charge in [-0.3, -0.25) is 14.2 Å². The van der Waals surface area contributed by atoms with E-state index in [4.69, 9.17) is 0 Å². The van der Waals surface area contributed by atoms with Crippen molar-refractivity contribution in [3.8, 4) is 0 Å². The molecular formula is C12H19N3O3. The van der Waals surface area contributed by atoms with Crippen molar-refractivity contribution >= 4 is 11.6 Å². The lowest BCUT2D eigenvalue weighted by molar-refractivity contribution is -0.120. The molecule has 6 nitrogen and oxygen atoms in total. The highest BCUT2D eigenvalue weighted by Crippen LogP contribution is 2.11. The summed E-state index contributed by atoms with van der Waals surface area (Å²) >= 11 is 0. The maximum Gasteiger partial charge on any atom is 0.328 e. The van der Waals surface area contributed by atoms with Gasteiger partial charge in [0, 0.05) is 18.7 Å². The van der Waals surface area contributed by atoms with Gasteiger partial charge in [0.1, 0.15) is 5.69 Å². The summed E-state index contributed by atoms with van der Waals surface area (Å²) < 4.78 is 0.940. The molecule has 0 saturated heterocycles. The smallest absolute Gasteiger partial charge is 0.320 e. The van der Waals surface area contributed by atoms with Crippen molar-refractivity contribution in [1.82, 2.24) is 9.55 Å². The molecule has 0 aliphatic rings. The summed E-state index contributed by atoms with van der Waals surface area (Å²) in [6, 6.07) is 0.